The summed E-state index contributed by atoms with van der Waals surface area (Å²) in [6, 6.07) is 0.356. The highest BCUT2D eigenvalue weighted by atomic mass is 15.3. The molecule has 8 nitrogen and oxygen atoms in total. The van der Waals surface area contributed by atoms with Crippen molar-refractivity contribution in [2.45, 2.75) is 13.0 Å². The summed E-state index contributed by atoms with van der Waals surface area (Å²) in [5.41, 5.74) is 5.69. The van der Waals surface area contributed by atoms with Crippen LogP contribution in [0, 0.1) is 0 Å². The van der Waals surface area contributed by atoms with Crippen LogP contribution in [0.2, 0.25) is 0 Å². The van der Waals surface area contributed by atoms with E-state index in [0.717, 1.165) is 6.54 Å². The van der Waals surface area contributed by atoms with Crippen LogP contribution < -0.4 is 11.1 Å². The molecule has 2 aromatic rings. The second-order valence-corrected chi connectivity index (χ2v) is 4.48. The first-order valence-electron chi connectivity index (χ1n) is 5.96. The third-order valence-corrected chi connectivity index (χ3v) is 2.81. The van der Waals surface area contributed by atoms with Crippen molar-refractivity contribution in [2.24, 2.45) is 0 Å². The van der Waals surface area contributed by atoms with Crippen molar-refractivity contribution in [3.63, 3.8) is 0 Å². The minimum absolute atomic E-state index is 0.179. The Bertz CT molecular complexity index is 521. The van der Waals surface area contributed by atoms with E-state index in [9.17, 15) is 0 Å². The van der Waals surface area contributed by atoms with Crippen molar-refractivity contribution in [1.29, 1.82) is 0 Å². The summed E-state index contributed by atoms with van der Waals surface area (Å²) in [5.74, 6) is 1.09. The zero-order chi connectivity index (χ0) is 13.8. The van der Waals surface area contributed by atoms with E-state index < -0.39 is 0 Å². The molecule has 2 aromatic heterocycles. The number of nitrogens with zero attached hydrogens (tertiary/aromatic N) is 6. The lowest BCUT2D eigenvalue weighted by atomic mass is 10.3. The monoisotopic (exact) mass is 262 g/mol. The molecule has 0 saturated heterocycles. The molecule has 102 valence electrons. The molecule has 1 unspecified atom stereocenters. The Morgan fingerprint density at radius 2 is 2.16 bits per heavy atom. The van der Waals surface area contributed by atoms with Crippen molar-refractivity contribution in [1.82, 2.24) is 29.4 Å². The highest BCUT2D eigenvalue weighted by Crippen LogP contribution is 2.07. The minimum Gasteiger partial charge on any atom is -0.368 e. The summed E-state index contributed by atoms with van der Waals surface area (Å²) in [6.45, 7) is 2.83. The molecule has 0 amide bonds. The highest BCUT2D eigenvalue weighted by Gasteiger charge is 2.08. The van der Waals surface area contributed by atoms with Gasteiger partial charge in [0.25, 0.3) is 0 Å². The molecule has 8 heteroatoms. The van der Waals surface area contributed by atoms with Crippen LogP contribution in [0.1, 0.15) is 6.92 Å². The second-order valence-electron chi connectivity index (χ2n) is 4.48. The number of nitrogen functional groups attached to an aromatic ring is 1. The van der Waals surface area contributed by atoms with E-state index in [4.69, 9.17) is 5.73 Å². The van der Waals surface area contributed by atoms with Crippen LogP contribution in [0.4, 0.5) is 11.9 Å². The van der Waals surface area contributed by atoms with Crippen LogP contribution in [0.15, 0.2) is 18.7 Å². The summed E-state index contributed by atoms with van der Waals surface area (Å²) in [6.07, 6.45) is 5.02. The Labute approximate surface area is 111 Å². The fraction of sp³-hybridized carbons (Fsp3) is 0.455. The molecule has 0 aliphatic heterocycles. The van der Waals surface area contributed by atoms with Gasteiger partial charge in [0.15, 0.2) is 0 Å². The Morgan fingerprint density at radius 1 is 1.37 bits per heavy atom. The maximum absolute atomic E-state index is 5.69. The number of rotatable bonds is 5. The van der Waals surface area contributed by atoms with Crippen LogP contribution in [0.3, 0.4) is 0 Å². The van der Waals surface area contributed by atoms with Gasteiger partial charge in [-0.15, -0.1) is 0 Å². The number of imidazole rings is 1. The smallest absolute Gasteiger partial charge is 0.241 e. The summed E-state index contributed by atoms with van der Waals surface area (Å²) >= 11 is 0. The van der Waals surface area contributed by atoms with Crippen molar-refractivity contribution < 1.29 is 0 Å². The molecule has 1 atom stereocenters. The van der Waals surface area contributed by atoms with E-state index in [1.165, 1.54) is 0 Å². The number of hydrogen-bond acceptors (Lipinski definition) is 7. The predicted octanol–water partition coefficient (Wildman–Crippen LogP) is 0.00150. The molecule has 3 N–H and O–H groups in total. The molecule has 0 spiro atoms. The van der Waals surface area contributed by atoms with E-state index in [2.05, 4.69) is 37.1 Å². The maximum Gasteiger partial charge on any atom is 0.241 e. The molecule has 0 bridgehead atoms. The average molecular weight is 262 g/mol. The fourth-order valence-corrected chi connectivity index (χ4v) is 1.37. The first kappa shape index (κ1) is 13.2. The molecular formula is C11H18N8. The van der Waals surface area contributed by atoms with Crippen LogP contribution in [0.25, 0.3) is 5.95 Å². The van der Waals surface area contributed by atoms with Gasteiger partial charge in [-0.1, -0.05) is 0 Å². The zero-order valence-corrected chi connectivity index (χ0v) is 11.3. The van der Waals surface area contributed by atoms with E-state index in [0.29, 0.717) is 17.9 Å². The number of anilines is 2. The Hall–Kier alpha value is -2.22. The van der Waals surface area contributed by atoms with Crippen molar-refractivity contribution in [3.05, 3.63) is 18.7 Å². The van der Waals surface area contributed by atoms with E-state index in [1.807, 2.05) is 14.1 Å². The number of hydrogen-bond donors (Lipinski definition) is 2. The summed E-state index contributed by atoms with van der Waals surface area (Å²) in [7, 11) is 4.04. The van der Waals surface area contributed by atoms with Gasteiger partial charge in [0.2, 0.25) is 17.8 Å². The minimum atomic E-state index is 0.179. The van der Waals surface area contributed by atoms with Gasteiger partial charge in [0.1, 0.15) is 6.33 Å². The number of nitrogens with one attached hydrogen (secondary N) is 1. The van der Waals surface area contributed by atoms with Gasteiger partial charge in [-0.3, -0.25) is 4.57 Å². The molecule has 0 aromatic carbocycles. The van der Waals surface area contributed by atoms with Gasteiger partial charge in [0, 0.05) is 25.0 Å². The molecule has 2 rings (SSSR count). The van der Waals surface area contributed by atoms with Crippen LogP contribution in [0.5, 0.6) is 0 Å². The van der Waals surface area contributed by atoms with Gasteiger partial charge < -0.3 is 16.0 Å². The van der Waals surface area contributed by atoms with E-state index in [-0.39, 0.29) is 5.95 Å². The first-order chi connectivity index (χ1) is 9.06. The highest BCUT2D eigenvalue weighted by molar-refractivity contribution is 5.35. The van der Waals surface area contributed by atoms with Gasteiger partial charge >= 0.3 is 0 Å². The van der Waals surface area contributed by atoms with Gasteiger partial charge in [0.05, 0.1) is 0 Å². The van der Waals surface area contributed by atoms with Crippen molar-refractivity contribution in [3.8, 4) is 5.95 Å². The first-order valence-corrected chi connectivity index (χ1v) is 5.96. The fourth-order valence-electron chi connectivity index (χ4n) is 1.37. The second kappa shape index (κ2) is 5.61. The molecule has 0 aliphatic rings. The van der Waals surface area contributed by atoms with Crippen LogP contribution in [-0.4, -0.2) is 56.1 Å². The maximum atomic E-state index is 5.69. The summed E-state index contributed by atoms with van der Waals surface area (Å²) in [4.78, 5) is 18.5. The van der Waals surface area contributed by atoms with Gasteiger partial charge in [-0.05, 0) is 21.0 Å². The third-order valence-electron chi connectivity index (χ3n) is 2.81. The number of likely N-dealkylation sites (N-methyl/N-ethyl adjacent to an activating group) is 1. The molecule has 0 fully saturated rings. The molecule has 0 radical (unpaired) electrons. The SMILES string of the molecule is CC(CNc1nc(N)nc(-n2ccnc2)n1)N(C)C. The quantitative estimate of drug-likeness (QED) is 0.782. The van der Waals surface area contributed by atoms with Gasteiger partial charge in [-0.25, -0.2) is 4.98 Å². The molecular weight excluding hydrogens is 244 g/mol. The standard InChI is InChI=1S/C11H18N8/c1-8(18(2)3)6-14-10-15-9(12)16-11(17-10)19-5-4-13-7-19/h4-5,7-8H,6H2,1-3H3,(H3,12,14,15,16,17). The van der Waals surface area contributed by atoms with E-state index in [1.54, 1.807) is 23.3 Å². The normalized spacial score (nSPS) is 12.6. The van der Waals surface area contributed by atoms with Gasteiger partial charge in [-0.2, -0.15) is 15.0 Å². The van der Waals surface area contributed by atoms with Crippen molar-refractivity contribution >= 4 is 11.9 Å². The lowest BCUT2D eigenvalue weighted by Crippen LogP contribution is -2.32. The molecule has 0 aliphatic carbocycles. The zero-order valence-electron chi connectivity index (χ0n) is 11.3. The molecule has 19 heavy (non-hydrogen) atoms. The largest absolute Gasteiger partial charge is 0.368 e. The van der Waals surface area contributed by atoms with E-state index >= 15 is 0 Å². The number of aromatic nitrogens is 5. The lowest BCUT2D eigenvalue weighted by Gasteiger charge is -2.20. The Morgan fingerprint density at radius 3 is 2.79 bits per heavy atom. The molecule has 2 heterocycles. The summed E-state index contributed by atoms with van der Waals surface area (Å²) < 4.78 is 1.68. The molecule has 0 saturated carbocycles. The van der Waals surface area contributed by atoms with Crippen LogP contribution in [-0.2, 0) is 0 Å². The average Bonchev–Trinajstić information content (AvgIpc) is 2.89. The predicted molar refractivity (Wildman–Crippen MR) is 73.0 cm³/mol. The van der Waals surface area contributed by atoms with Crippen LogP contribution >= 0.6 is 0 Å². The number of nitrogens with two attached hydrogens (primary N) is 1. The Kier molecular flexibility index (Phi) is 3.91. The topological polar surface area (TPSA) is 97.8 Å². The summed E-state index contributed by atoms with van der Waals surface area (Å²) in [5, 5.41) is 3.15. The third kappa shape index (κ3) is 3.38. The lowest BCUT2D eigenvalue weighted by molar-refractivity contribution is 0.325. The Balaban J connectivity index is 2.13. The van der Waals surface area contributed by atoms with Crippen molar-refractivity contribution in [2.75, 3.05) is 31.7 Å².